The summed E-state index contributed by atoms with van der Waals surface area (Å²) in [7, 11) is 0. The topological polar surface area (TPSA) is 53.1 Å². The highest BCUT2D eigenvalue weighted by Gasteiger charge is 2.17. The standard InChI is InChI=1S/C19H23N3/c20-13-7-12-19(14-21)22(15-17-8-3-1-4-9-17)16-18-10-5-2-6-11-18/h1-6,8-11,19H,7,12,14-16,21H2/t19-/m1/s1. The van der Waals surface area contributed by atoms with Crippen molar-refractivity contribution in [3.05, 3.63) is 71.8 Å². The lowest BCUT2D eigenvalue weighted by Crippen LogP contribution is -2.39. The Balaban J connectivity index is 2.13. The molecule has 2 N–H and O–H groups in total. The molecule has 0 saturated carbocycles. The Hall–Kier alpha value is -2.15. The van der Waals surface area contributed by atoms with E-state index in [2.05, 4.69) is 59.5 Å². The smallest absolute Gasteiger partial charge is 0.0622 e. The minimum atomic E-state index is 0.222. The Morgan fingerprint density at radius 3 is 1.82 bits per heavy atom. The monoisotopic (exact) mass is 293 g/mol. The van der Waals surface area contributed by atoms with E-state index < -0.39 is 0 Å². The summed E-state index contributed by atoms with van der Waals surface area (Å²) in [4.78, 5) is 2.38. The Labute approximate surface area is 133 Å². The first kappa shape index (κ1) is 16.2. The number of nitriles is 1. The molecule has 114 valence electrons. The molecule has 2 aromatic rings. The molecule has 3 heteroatoms. The van der Waals surface area contributed by atoms with Crippen LogP contribution in [0.2, 0.25) is 0 Å². The zero-order chi connectivity index (χ0) is 15.6. The molecular weight excluding hydrogens is 270 g/mol. The summed E-state index contributed by atoms with van der Waals surface area (Å²) < 4.78 is 0. The molecule has 22 heavy (non-hydrogen) atoms. The summed E-state index contributed by atoms with van der Waals surface area (Å²) in [6, 6.07) is 23.3. The zero-order valence-corrected chi connectivity index (χ0v) is 12.9. The van der Waals surface area contributed by atoms with Crippen LogP contribution in [0.4, 0.5) is 0 Å². The normalized spacial score (nSPS) is 12.0. The van der Waals surface area contributed by atoms with Gasteiger partial charge in [-0.1, -0.05) is 60.7 Å². The lowest BCUT2D eigenvalue weighted by atomic mass is 10.1. The van der Waals surface area contributed by atoms with E-state index in [0.29, 0.717) is 13.0 Å². The highest BCUT2D eigenvalue weighted by Crippen LogP contribution is 2.16. The van der Waals surface area contributed by atoms with Gasteiger partial charge in [0.1, 0.15) is 0 Å². The predicted molar refractivity (Wildman–Crippen MR) is 89.8 cm³/mol. The van der Waals surface area contributed by atoms with Crippen LogP contribution in [-0.2, 0) is 13.1 Å². The van der Waals surface area contributed by atoms with E-state index in [-0.39, 0.29) is 6.04 Å². The van der Waals surface area contributed by atoms with E-state index in [1.807, 2.05) is 12.1 Å². The van der Waals surface area contributed by atoms with E-state index in [1.54, 1.807) is 0 Å². The molecule has 0 spiro atoms. The predicted octanol–water partition coefficient (Wildman–Crippen LogP) is 3.32. The number of hydrogen-bond donors (Lipinski definition) is 1. The third kappa shape index (κ3) is 5.00. The van der Waals surface area contributed by atoms with Gasteiger partial charge in [-0.15, -0.1) is 0 Å². The fraction of sp³-hybridized carbons (Fsp3) is 0.316. The van der Waals surface area contributed by atoms with Crippen molar-refractivity contribution in [1.29, 1.82) is 5.26 Å². The number of nitrogens with two attached hydrogens (primary N) is 1. The van der Waals surface area contributed by atoms with Crippen molar-refractivity contribution in [2.75, 3.05) is 6.54 Å². The van der Waals surface area contributed by atoms with E-state index in [0.717, 1.165) is 19.5 Å². The minimum absolute atomic E-state index is 0.222. The number of hydrogen-bond acceptors (Lipinski definition) is 3. The third-order valence-corrected chi connectivity index (χ3v) is 3.83. The van der Waals surface area contributed by atoms with Crippen LogP contribution in [-0.4, -0.2) is 17.5 Å². The fourth-order valence-electron chi connectivity index (χ4n) is 2.63. The van der Waals surface area contributed by atoms with Crippen molar-refractivity contribution in [3.63, 3.8) is 0 Å². The highest BCUT2D eigenvalue weighted by molar-refractivity contribution is 5.17. The maximum Gasteiger partial charge on any atom is 0.0622 e. The highest BCUT2D eigenvalue weighted by atomic mass is 15.2. The molecule has 0 heterocycles. The molecule has 0 aliphatic heterocycles. The summed E-state index contributed by atoms with van der Waals surface area (Å²) in [6.45, 7) is 2.27. The molecule has 0 bridgehead atoms. The van der Waals surface area contributed by atoms with E-state index >= 15 is 0 Å². The largest absolute Gasteiger partial charge is 0.329 e. The van der Waals surface area contributed by atoms with E-state index in [1.165, 1.54) is 11.1 Å². The van der Waals surface area contributed by atoms with Gasteiger partial charge in [0, 0.05) is 32.1 Å². The summed E-state index contributed by atoms with van der Waals surface area (Å²) in [5, 5.41) is 8.86. The first-order chi connectivity index (χ1) is 10.8. The molecular formula is C19H23N3. The van der Waals surface area contributed by atoms with Crippen LogP contribution in [0.3, 0.4) is 0 Å². The van der Waals surface area contributed by atoms with Gasteiger partial charge in [0.05, 0.1) is 6.07 Å². The van der Waals surface area contributed by atoms with Gasteiger partial charge in [-0.2, -0.15) is 5.26 Å². The van der Waals surface area contributed by atoms with Gasteiger partial charge in [0.2, 0.25) is 0 Å². The van der Waals surface area contributed by atoms with Gasteiger partial charge in [-0.05, 0) is 17.5 Å². The van der Waals surface area contributed by atoms with Crippen molar-refractivity contribution >= 4 is 0 Å². The molecule has 0 fully saturated rings. The second kappa shape index (κ2) is 8.99. The second-order valence-electron chi connectivity index (χ2n) is 5.46. The lowest BCUT2D eigenvalue weighted by molar-refractivity contribution is 0.174. The molecule has 2 aromatic carbocycles. The number of nitrogens with zero attached hydrogens (tertiary/aromatic N) is 2. The molecule has 2 rings (SSSR count). The average molecular weight is 293 g/mol. The first-order valence-electron chi connectivity index (χ1n) is 7.72. The molecule has 0 aliphatic rings. The maximum absolute atomic E-state index is 8.86. The van der Waals surface area contributed by atoms with Crippen LogP contribution >= 0.6 is 0 Å². The molecule has 0 radical (unpaired) electrons. The molecule has 3 nitrogen and oxygen atoms in total. The first-order valence-corrected chi connectivity index (χ1v) is 7.72. The summed E-state index contributed by atoms with van der Waals surface area (Å²) in [5.74, 6) is 0. The maximum atomic E-state index is 8.86. The van der Waals surface area contributed by atoms with Gasteiger partial charge < -0.3 is 5.73 Å². The van der Waals surface area contributed by atoms with Crippen molar-refractivity contribution in [3.8, 4) is 6.07 Å². The molecule has 0 aliphatic carbocycles. The van der Waals surface area contributed by atoms with Gasteiger partial charge in [0.25, 0.3) is 0 Å². The van der Waals surface area contributed by atoms with Gasteiger partial charge in [-0.3, -0.25) is 4.90 Å². The fourth-order valence-corrected chi connectivity index (χ4v) is 2.63. The average Bonchev–Trinajstić information content (AvgIpc) is 2.57. The van der Waals surface area contributed by atoms with E-state index in [9.17, 15) is 0 Å². The molecule has 0 unspecified atom stereocenters. The Bertz CT molecular complexity index is 533. The quantitative estimate of drug-likeness (QED) is 0.812. The number of benzene rings is 2. The van der Waals surface area contributed by atoms with Gasteiger partial charge in [0.15, 0.2) is 0 Å². The van der Waals surface area contributed by atoms with Crippen LogP contribution < -0.4 is 5.73 Å². The molecule has 1 atom stereocenters. The van der Waals surface area contributed by atoms with Crippen LogP contribution in [0, 0.1) is 11.3 Å². The van der Waals surface area contributed by atoms with Crippen LogP contribution in [0.15, 0.2) is 60.7 Å². The van der Waals surface area contributed by atoms with Crippen molar-refractivity contribution in [1.82, 2.24) is 4.90 Å². The van der Waals surface area contributed by atoms with Crippen LogP contribution in [0.5, 0.6) is 0 Å². The minimum Gasteiger partial charge on any atom is -0.329 e. The molecule has 0 aromatic heterocycles. The van der Waals surface area contributed by atoms with Crippen molar-refractivity contribution < 1.29 is 0 Å². The molecule has 0 amide bonds. The number of rotatable bonds is 8. The summed E-state index contributed by atoms with van der Waals surface area (Å²) in [6.07, 6.45) is 1.36. The summed E-state index contributed by atoms with van der Waals surface area (Å²) >= 11 is 0. The van der Waals surface area contributed by atoms with Gasteiger partial charge >= 0.3 is 0 Å². The van der Waals surface area contributed by atoms with E-state index in [4.69, 9.17) is 11.0 Å². The Morgan fingerprint density at radius 2 is 1.41 bits per heavy atom. The molecule has 0 saturated heterocycles. The third-order valence-electron chi connectivity index (χ3n) is 3.83. The SMILES string of the molecule is N#CCC[C@H](CN)N(Cc1ccccc1)Cc1ccccc1. The van der Waals surface area contributed by atoms with Crippen LogP contribution in [0.1, 0.15) is 24.0 Å². The van der Waals surface area contributed by atoms with Gasteiger partial charge in [-0.25, -0.2) is 0 Å². The van der Waals surface area contributed by atoms with Crippen LogP contribution in [0.25, 0.3) is 0 Å². The lowest BCUT2D eigenvalue weighted by Gasteiger charge is -2.31. The Morgan fingerprint density at radius 1 is 0.909 bits per heavy atom. The Kier molecular flexibility index (Phi) is 6.63. The van der Waals surface area contributed by atoms with Crippen molar-refractivity contribution in [2.24, 2.45) is 5.73 Å². The summed E-state index contributed by atoms with van der Waals surface area (Å²) in [5.41, 5.74) is 8.51. The second-order valence-corrected chi connectivity index (χ2v) is 5.46. The van der Waals surface area contributed by atoms with Crippen molar-refractivity contribution in [2.45, 2.75) is 32.0 Å². The zero-order valence-electron chi connectivity index (χ0n) is 12.9.